The Morgan fingerprint density at radius 3 is 2.67 bits per heavy atom. The highest BCUT2D eigenvalue weighted by Gasteiger charge is 2.45. The van der Waals surface area contributed by atoms with Gasteiger partial charge in [-0.25, -0.2) is 9.97 Å². The van der Waals surface area contributed by atoms with Gasteiger partial charge in [0.1, 0.15) is 24.6 Å². The second-order valence-electron chi connectivity index (χ2n) is 4.60. The van der Waals surface area contributed by atoms with Crippen molar-refractivity contribution in [2.45, 2.75) is 37.6 Å². The Bertz CT molecular complexity index is 541. The van der Waals surface area contributed by atoms with E-state index in [2.05, 4.69) is 15.3 Å². The standard InChI is InChI=1S/C10H15N5O6/c1-3(16)7-5(17)6(18)10(21-7)14-9-4(15(19)20)8(11)12-2-13-9/h2-3,5-7,10,16-18H,1H3,(H3,11,12,13,14). The number of anilines is 2. The van der Waals surface area contributed by atoms with Gasteiger partial charge in [0.05, 0.1) is 11.0 Å². The van der Waals surface area contributed by atoms with E-state index in [1.807, 2.05) is 0 Å². The molecule has 1 aromatic heterocycles. The number of nitrogen functional groups attached to an aromatic ring is 1. The molecule has 0 aliphatic carbocycles. The van der Waals surface area contributed by atoms with Crippen molar-refractivity contribution in [1.82, 2.24) is 9.97 Å². The van der Waals surface area contributed by atoms with Gasteiger partial charge >= 0.3 is 5.69 Å². The number of hydrogen-bond acceptors (Lipinski definition) is 10. The monoisotopic (exact) mass is 301 g/mol. The zero-order valence-corrected chi connectivity index (χ0v) is 10.9. The van der Waals surface area contributed by atoms with E-state index in [-0.39, 0.29) is 11.6 Å². The summed E-state index contributed by atoms with van der Waals surface area (Å²) >= 11 is 0. The predicted molar refractivity (Wildman–Crippen MR) is 69.1 cm³/mol. The summed E-state index contributed by atoms with van der Waals surface area (Å²) in [6, 6.07) is 0. The van der Waals surface area contributed by atoms with Crippen LogP contribution < -0.4 is 11.1 Å². The van der Waals surface area contributed by atoms with Crippen LogP contribution in [0.4, 0.5) is 17.3 Å². The van der Waals surface area contributed by atoms with E-state index in [4.69, 9.17) is 10.5 Å². The van der Waals surface area contributed by atoms with Crippen molar-refractivity contribution in [1.29, 1.82) is 0 Å². The Morgan fingerprint density at radius 1 is 1.48 bits per heavy atom. The molecular formula is C10H15N5O6. The first-order chi connectivity index (χ1) is 9.82. The topological polar surface area (TPSA) is 177 Å². The van der Waals surface area contributed by atoms with Crippen LogP contribution in [-0.4, -0.2) is 60.9 Å². The van der Waals surface area contributed by atoms with E-state index in [1.54, 1.807) is 0 Å². The minimum Gasteiger partial charge on any atom is -0.391 e. The SMILES string of the molecule is CC(O)C1OC(Nc2ncnc(N)c2[N+](=O)[O-])C(O)C1O. The summed E-state index contributed by atoms with van der Waals surface area (Å²) in [5.74, 6) is -0.604. The van der Waals surface area contributed by atoms with Crippen LogP contribution in [0.15, 0.2) is 6.33 Å². The van der Waals surface area contributed by atoms with Gasteiger partial charge in [-0.2, -0.15) is 0 Å². The molecule has 1 aliphatic rings. The van der Waals surface area contributed by atoms with Crippen LogP contribution in [0.5, 0.6) is 0 Å². The molecular weight excluding hydrogens is 286 g/mol. The number of nitrogens with zero attached hydrogens (tertiary/aromatic N) is 3. The van der Waals surface area contributed by atoms with Gasteiger partial charge in [-0.1, -0.05) is 0 Å². The predicted octanol–water partition coefficient (Wildman–Crippen LogP) is -1.79. The molecule has 0 saturated carbocycles. The van der Waals surface area contributed by atoms with Gasteiger partial charge < -0.3 is 31.1 Å². The number of aromatic nitrogens is 2. The summed E-state index contributed by atoms with van der Waals surface area (Å²) in [6.07, 6.45) is -4.99. The zero-order valence-electron chi connectivity index (χ0n) is 10.9. The molecule has 2 rings (SSSR count). The van der Waals surface area contributed by atoms with Crippen molar-refractivity contribution >= 4 is 17.3 Å². The van der Waals surface area contributed by atoms with Gasteiger partial charge in [0.25, 0.3) is 0 Å². The average Bonchev–Trinajstić information content (AvgIpc) is 2.67. The van der Waals surface area contributed by atoms with Crippen molar-refractivity contribution in [3.05, 3.63) is 16.4 Å². The van der Waals surface area contributed by atoms with Crippen LogP contribution in [0.25, 0.3) is 0 Å². The van der Waals surface area contributed by atoms with Crippen molar-refractivity contribution < 1.29 is 25.0 Å². The molecule has 2 heterocycles. The maximum Gasteiger partial charge on any atom is 0.353 e. The lowest BCUT2D eigenvalue weighted by Gasteiger charge is -2.17. The molecule has 0 radical (unpaired) electrons. The highest BCUT2D eigenvalue weighted by molar-refractivity contribution is 5.67. The minimum atomic E-state index is -1.40. The second-order valence-corrected chi connectivity index (χ2v) is 4.60. The highest BCUT2D eigenvalue weighted by Crippen LogP contribution is 2.30. The van der Waals surface area contributed by atoms with Crippen molar-refractivity contribution in [3.8, 4) is 0 Å². The summed E-state index contributed by atoms with van der Waals surface area (Å²) in [6.45, 7) is 1.38. The Balaban J connectivity index is 2.23. The van der Waals surface area contributed by atoms with E-state index in [0.717, 1.165) is 6.33 Å². The van der Waals surface area contributed by atoms with E-state index < -0.39 is 41.3 Å². The Kier molecular flexibility index (Phi) is 4.18. The summed E-state index contributed by atoms with van der Waals surface area (Å²) in [5.41, 5.74) is 4.84. The van der Waals surface area contributed by atoms with E-state index in [0.29, 0.717) is 0 Å². The quantitative estimate of drug-likeness (QED) is 0.315. The van der Waals surface area contributed by atoms with Crippen molar-refractivity contribution in [3.63, 3.8) is 0 Å². The fourth-order valence-corrected chi connectivity index (χ4v) is 2.03. The Labute approximate surface area is 118 Å². The van der Waals surface area contributed by atoms with Gasteiger partial charge in [-0.3, -0.25) is 10.1 Å². The van der Waals surface area contributed by atoms with E-state index >= 15 is 0 Å². The normalized spacial score (nSPS) is 30.1. The number of aliphatic hydroxyl groups is 3. The van der Waals surface area contributed by atoms with Crippen LogP contribution in [0.1, 0.15) is 6.92 Å². The number of ether oxygens (including phenoxy) is 1. The van der Waals surface area contributed by atoms with Crippen LogP contribution in [-0.2, 0) is 4.74 Å². The third-order valence-electron chi connectivity index (χ3n) is 3.09. The molecule has 6 N–H and O–H groups in total. The minimum absolute atomic E-state index is 0.255. The van der Waals surface area contributed by atoms with Crippen molar-refractivity contribution in [2.75, 3.05) is 11.1 Å². The molecule has 1 aliphatic heterocycles. The third-order valence-corrected chi connectivity index (χ3v) is 3.09. The first-order valence-electron chi connectivity index (χ1n) is 6.04. The number of nitrogens with two attached hydrogens (primary N) is 1. The molecule has 11 nitrogen and oxygen atoms in total. The van der Waals surface area contributed by atoms with E-state index in [9.17, 15) is 25.4 Å². The smallest absolute Gasteiger partial charge is 0.353 e. The maximum absolute atomic E-state index is 10.9. The van der Waals surface area contributed by atoms with Crippen LogP contribution in [0.3, 0.4) is 0 Å². The lowest BCUT2D eigenvalue weighted by molar-refractivity contribution is -0.383. The summed E-state index contributed by atoms with van der Waals surface area (Å²) in [7, 11) is 0. The molecule has 21 heavy (non-hydrogen) atoms. The lowest BCUT2D eigenvalue weighted by Crippen LogP contribution is -2.38. The first-order valence-corrected chi connectivity index (χ1v) is 6.04. The molecule has 1 aromatic rings. The number of hydrogen-bond donors (Lipinski definition) is 5. The van der Waals surface area contributed by atoms with Crippen LogP contribution >= 0.6 is 0 Å². The molecule has 116 valence electrons. The van der Waals surface area contributed by atoms with E-state index in [1.165, 1.54) is 6.92 Å². The lowest BCUT2D eigenvalue weighted by atomic mass is 10.1. The number of aliphatic hydroxyl groups excluding tert-OH is 3. The number of nitrogens with one attached hydrogen (secondary N) is 1. The number of nitro groups is 1. The van der Waals surface area contributed by atoms with Gasteiger partial charge in [-0.15, -0.1) is 0 Å². The third kappa shape index (κ3) is 2.85. The molecule has 0 bridgehead atoms. The first kappa shape index (κ1) is 15.3. The molecule has 1 fully saturated rings. The average molecular weight is 301 g/mol. The van der Waals surface area contributed by atoms with Gasteiger partial charge in [0.15, 0.2) is 6.23 Å². The van der Waals surface area contributed by atoms with Crippen LogP contribution in [0, 0.1) is 10.1 Å². The Morgan fingerprint density at radius 2 is 2.14 bits per heavy atom. The fourth-order valence-electron chi connectivity index (χ4n) is 2.03. The van der Waals surface area contributed by atoms with Crippen LogP contribution in [0.2, 0.25) is 0 Å². The van der Waals surface area contributed by atoms with Gasteiger partial charge in [-0.05, 0) is 6.92 Å². The van der Waals surface area contributed by atoms with Crippen molar-refractivity contribution in [2.24, 2.45) is 0 Å². The molecule has 0 aromatic carbocycles. The molecule has 5 atom stereocenters. The largest absolute Gasteiger partial charge is 0.391 e. The zero-order chi connectivity index (χ0) is 15.7. The maximum atomic E-state index is 10.9. The summed E-state index contributed by atoms with van der Waals surface area (Å²) in [5, 5.41) is 42.4. The molecule has 11 heteroatoms. The summed E-state index contributed by atoms with van der Waals surface area (Å²) in [4.78, 5) is 17.4. The van der Waals surface area contributed by atoms with Gasteiger partial charge in [0, 0.05) is 0 Å². The molecule has 0 spiro atoms. The highest BCUT2D eigenvalue weighted by atomic mass is 16.6. The fraction of sp³-hybridized carbons (Fsp3) is 0.600. The summed E-state index contributed by atoms with van der Waals surface area (Å²) < 4.78 is 5.24. The molecule has 5 unspecified atom stereocenters. The molecule has 1 saturated heterocycles. The molecule has 0 amide bonds. The number of rotatable bonds is 4. The Hall–Kier alpha value is -2.08. The van der Waals surface area contributed by atoms with Gasteiger partial charge in [0.2, 0.25) is 11.6 Å². The second kappa shape index (κ2) is 5.73.